The second kappa shape index (κ2) is 24.6. The molecule has 1 aliphatic heterocycles. The standard InChI is InChI=1S/C43H70N6O9/c1-8-9-10-17-22-35-29(5)42(54)49(7)34(23-27(2)3)39(51)48-37(32-20-15-12-16-21-32)41(53)46-33(24-44-43(55)56)38(50)47-36(40(52)45-28(4)25-58-35)30(6)57-26-31-18-13-11-14-19-31/h11,13-14,18-19,27-30,32-37,44H,8-10,12,15-17,20-26H2,1-7H3,(H,45,52)(H,46,53)(H,47,50)(H,48,51)(H,55,56)/t28-,29-,30+,33+,34+,35-,36+,37+/m1/s1. The minimum Gasteiger partial charge on any atom is -0.465 e. The van der Waals surface area contributed by atoms with Gasteiger partial charge in [0.1, 0.15) is 24.2 Å². The number of nitrogens with zero attached hydrogens (tertiary/aromatic N) is 1. The lowest BCUT2D eigenvalue weighted by molar-refractivity contribution is -0.147. The lowest BCUT2D eigenvalue weighted by atomic mass is 9.83. The molecule has 1 aliphatic carbocycles. The van der Waals surface area contributed by atoms with Crippen molar-refractivity contribution < 1.29 is 43.3 Å². The van der Waals surface area contributed by atoms with Crippen LogP contribution in [0.2, 0.25) is 0 Å². The molecule has 15 heteroatoms. The van der Waals surface area contributed by atoms with Crippen LogP contribution in [0, 0.1) is 17.8 Å². The first-order valence-corrected chi connectivity index (χ1v) is 21.3. The SMILES string of the molecule is CCCCCC[C@H]1OC[C@@H](C)NC(=O)[C@H]([C@H](C)OCc2ccccc2)NC(=O)[C@H](CNC(=O)O)NC(=O)[C@H](C2CCCCC2)NC(=O)[C@H](CC(C)C)N(C)C(=O)[C@@H]1C. The Morgan fingerprint density at radius 1 is 0.897 bits per heavy atom. The largest absolute Gasteiger partial charge is 0.465 e. The van der Waals surface area contributed by atoms with E-state index in [2.05, 4.69) is 33.5 Å². The Kier molecular flexibility index (Phi) is 20.4. The first kappa shape index (κ1) is 48.1. The summed E-state index contributed by atoms with van der Waals surface area (Å²) >= 11 is 0. The van der Waals surface area contributed by atoms with Crippen LogP contribution in [-0.2, 0) is 40.1 Å². The number of amides is 6. The van der Waals surface area contributed by atoms with E-state index in [0.717, 1.165) is 50.5 Å². The number of carbonyl (C=O) groups is 6. The van der Waals surface area contributed by atoms with Gasteiger partial charge in [-0.3, -0.25) is 24.0 Å². The smallest absolute Gasteiger partial charge is 0.404 e. The van der Waals surface area contributed by atoms with E-state index in [-0.39, 0.29) is 31.0 Å². The van der Waals surface area contributed by atoms with Gasteiger partial charge in [-0.2, -0.15) is 0 Å². The summed E-state index contributed by atoms with van der Waals surface area (Å²) in [5, 5.41) is 23.0. The maximum atomic E-state index is 14.4. The molecule has 0 unspecified atom stereocenters. The number of hydrogen-bond donors (Lipinski definition) is 6. The molecule has 1 aromatic rings. The minimum atomic E-state index is -1.46. The monoisotopic (exact) mass is 815 g/mol. The van der Waals surface area contributed by atoms with Crippen molar-refractivity contribution in [3.8, 4) is 0 Å². The van der Waals surface area contributed by atoms with E-state index in [1.807, 2.05) is 44.2 Å². The number of carbonyl (C=O) groups excluding carboxylic acids is 5. The van der Waals surface area contributed by atoms with E-state index in [4.69, 9.17) is 9.47 Å². The van der Waals surface area contributed by atoms with Crippen molar-refractivity contribution in [2.75, 3.05) is 20.2 Å². The molecule has 1 heterocycles. The highest BCUT2D eigenvalue weighted by atomic mass is 16.5. The van der Waals surface area contributed by atoms with Crippen molar-refractivity contribution in [3.05, 3.63) is 35.9 Å². The van der Waals surface area contributed by atoms with Gasteiger partial charge in [-0.15, -0.1) is 0 Å². The number of benzene rings is 1. The first-order valence-electron chi connectivity index (χ1n) is 21.3. The summed E-state index contributed by atoms with van der Waals surface area (Å²) in [7, 11) is 1.61. The van der Waals surface area contributed by atoms with Crippen LogP contribution < -0.4 is 26.6 Å². The summed E-state index contributed by atoms with van der Waals surface area (Å²) in [6.45, 7) is 10.9. The molecule has 0 aromatic heterocycles. The van der Waals surface area contributed by atoms with Gasteiger partial charge in [0, 0.05) is 13.1 Å². The zero-order chi connectivity index (χ0) is 42.8. The van der Waals surface area contributed by atoms with Crippen molar-refractivity contribution in [3.63, 3.8) is 0 Å². The molecular formula is C43H70N6O9. The Balaban J connectivity index is 2.08. The van der Waals surface area contributed by atoms with Crippen molar-refractivity contribution >= 4 is 35.6 Å². The molecule has 1 saturated heterocycles. The number of nitrogens with one attached hydrogen (secondary N) is 5. The minimum absolute atomic E-state index is 0.0256. The first-order chi connectivity index (χ1) is 27.6. The summed E-state index contributed by atoms with van der Waals surface area (Å²) in [5.41, 5.74) is 0.848. The van der Waals surface area contributed by atoms with Gasteiger partial charge in [0.05, 0.1) is 37.9 Å². The molecule has 326 valence electrons. The Morgan fingerprint density at radius 2 is 1.59 bits per heavy atom. The molecule has 15 nitrogen and oxygen atoms in total. The molecule has 1 aromatic carbocycles. The quantitative estimate of drug-likeness (QED) is 0.148. The maximum Gasteiger partial charge on any atom is 0.404 e. The van der Waals surface area contributed by atoms with Crippen LogP contribution in [0.15, 0.2) is 30.3 Å². The van der Waals surface area contributed by atoms with Gasteiger partial charge in [-0.05, 0) is 56.9 Å². The second-order valence-electron chi connectivity index (χ2n) is 16.6. The van der Waals surface area contributed by atoms with E-state index in [9.17, 15) is 33.9 Å². The summed E-state index contributed by atoms with van der Waals surface area (Å²) in [6, 6.07) is 4.06. The average Bonchev–Trinajstić information content (AvgIpc) is 3.20. The summed E-state index contributed by atoms with van der Waals surface area (Å²) in [6.07, 6.45) is 5.98. The Bertz CT molecular complexity index is 1470. The third-order valence-electron chi connectivity index (χ3n) is 11.2. The summed E-state index contributed by atoms with van der Waals surface area (Å²) in [5.74, 6) is -3.69. The number of rotatable bonds is 14. The second-order valence-corrected chi connectivity index (χ2v) is 16.6. The molecule has 6 amide bonds. The molecule has 8 atom stereocenters. The zero-order valence-corrected chi connectivity index (χ0v) is 35.7. The highest BCUT2D eigenvalue weighted by Gasteiger charge is 2.40. The number of unbranched alkanes of at least 4 members (excludes halogenated alkanes) is 3. The predicted octanol–water partition coefficient (Wildman–Crippen LogP) is 4.28. The number of hydrogen-bond acceptors (Lipinski definition) is 8. The van der Waals surface area contributed by atoms with Crippen molar-refractivity contribution in [2.45, 2.75) is 161 Å². The molecule has 0 bridgehead atoms. The van der Waals surface area contributed by atoms with E-state index in [0.29, 0.717) is 25.7 Å². The number of ether oxygens (including phenoxy) is 2. The molecule has 58 heavy (non-hydrogen) atoms. The molecule has 3 rings (SSSR count). The third kappa shape index (κ3) is 15.5. The molecule has 2 aliphatic rings. The lowest BCUT2D eigenvalue weighted by Crippen LogP contribution is -2.63. The predicted molar refractivity (Wildman–Crippen MR) is 220 cm³/mol. The van der Waals surface area contributed by atoms with Crippen LogP contribution in [0.25, 0.3) is 0 Å². The Hall–Kier alpha value is -4.24. The van der Waals surface area contributed by atoms with Gasteiger partial charge in [0.2, 0.25) is 29.5 Å². The van der Waals surface area contributed by atoms with Crippen molar-refractivity contribution in [1.29, 1.82) is 0 Å². The van der Waals surface area contributed by atoms with Gasteiger partial charge in [0.15, 0.2) is 0 Å². The maximum absolute atomic E-state index is 14.4. The number of likely N-dealkylation sites (N-methyl/N-ethyl adjacent to an activating group) is 1. The Morgan fingerprint density at radius 3 is 2.22 bits per heavy atom. The molecule has 0 spiro atoms. The van der Waals surface area contributed by atoms with Crippen LogP contribution >= 0.6 is 0 Å². The van der Waals surface area contributed by atoms with Crippen LogP contribution in [0.5, 0.6) is 0 Å². The van der Waals surface area contributed by atoms with Crippen LogP contribution in [0.1, 0.15) is 118 Å². The fourth-order valence-corrected chi connectivity index (χ4v) is 7.74. The summed E-state index contributed by atoms with van der Waals surface area (Å²) < 4.78 is 12.5. The van der Waals surface area contributed by atoms with Crippen molar-refractivity contribution in [1.82, 2.24) is 31.5 Å². The fraction of sp³-hybridized carbons (Fsp3) is 0.721. The fourth-order valence-electron chi connectivity index (χ4n) is 7.74. The van der Waals surface area contributed by atoms with E-state index in [1.54, 1.807) is 27.8 Å². The zero-order valence-electron chi connectivity index (χ0n) is 35.7. The number of carboxylic acid groups (broad SMARTS) is 1. The average molecular weight is 815 g/mol. The van der Waals surface area contributed by atoms with Gasteiger partial charge in [-0.25, -0.2) is 4.79 Å². The van der Waals surface area contributed by atoms with E-state index >= 15 is 0 Å². The van der Waals surface area contributed by atoms with Gasteiger partial charge < -0.3 is 46.1 Å². The molecular weight excluding hydrogens is 745 g/mol. The topological polar surface area (TPSA) is 204 Å². The van der Waals surface area contributed by atoms with Crippen LogP contribution in [0.3, 0.4) is 0 Å². The third-order valence-corrected chi connectivity index (χ3v) is 11.2. The van der Waals surface area contributed by atoms with Gasteiger partial charge >= 0.3 is 6.09 Å². The van der Waals surface area contributed by atoms with Gasteiger partial charge in [0.25, 0.3) is 0 Å². The Labute approximate surface area is 344 Å². The van der Waals surface area contributed by atoms with E-state index < -0.39 is 84.6 Å². The summed E-state index contributed by atoms with van der Waals surface area (Å²) in [4.78, 5) is 84.2. The molecule has 1 saturated carbocycles. The molecule has 6 N–H and O–H groups in total. The highest BCUT2D eigenvalue weighted by molar-refractivity contribution is 5.96. The van der Waals surface area contributed by atoms with Crippen molar-refractivity contribution in [2.24, 2.45) is 17.8 Å². The molecule has 0 radical (unpaired) electrons. The molecule has 2 fully saturated rings. The highest BCUT2D eigenvalue weighted by Crippen LogP contribution is 2.28. The van der Waals surface area contributed by atoms with Crippen LogP contribution in [0.4, 0.5) is 4.79 Å². The van der Waals surface area contributed by atoms with Crippen LogP contribution in [-0.4, -0.2) is 108 Å². The normalized spacial score (nSPS) is 27.0. The lowest BCUT2D eigenvalue weighted by Gasteiger charge is -2.36. The van der Waals surface area contributed by atoms with Gasteiger partial charge in [-0.1, -0.05) is 103 Å². The van der Waals surface area contributed by atoms with E-state index in [1.165, 1.54) is 4.90 Å².